The van der Waals surface area contributed by atoms with Crippen molar-refractivity contribution >= 4 is 16.7 Å². The Bertz CT molecular complexity index is 249. The van der Waals surface area contributed by atoms with Gasteiger partial charge in [-0.25, -0.2) is 0 Å². The van der Waals surface area contributed by atoms with E-state index in [1.165, 1.54) is 11.5 Å². The molecule has 0 atom stereocenters. The van der Waals surface area contributed by atoms with Crippen LogP contribution in [-0.2, 0) is 4.74 Å². The Morgan fingerprint density at radius 2 is 2.29 bits per heavy atom. The van der Waals surface area contributed by atoms with Gasteiger partial charge in [0.1, 0.15) is 0 Å². The normalized spacial score (nSPS) is 18.3. The molecule has 1 saturated heterocycles. The van der Waals surface area contributed by atoms with E-state index in [9.17, 15) is 0 Å². The van der Waals surface area contributed by atoms with Gasteiger partial charge < -0.3 is 10.1 Å². The number of nitrogens with zero attached hydrogens (tertiary/aromatic N) is 4. The number of nitrogens with one attached hydrogen (secondary N) is 1. The summed E-state index contributed by atoms with van der Waals surface area (Å²) in [5, 5.41) is 11.3. The van der Waals surface area contributed by atoms with Crippen molar-refractivity contribution < 1.29 is 4.74 Å². The van der Waals surface area contributed by atoms with Gasteiger partial charge in [-0.1, -0.05) is 9.59 Å². The molecular weight excluding hydrogens is 202 g/mol. The van der Waals surface area contributed by atoms with Crippen molar-refractivity contribution in [1.29, 1.82) is 0 Å². The molecule has 0 aromatic carbocycles. The Hall–Kier alpha value is -0.790. The second-order valence-corrected chi connectivity index (χ2v) is 3.78. The number of rotatable bonds is 4. The second kappa shape index (κ2) is 5.18. The lowest BCUT2D eigenvalue weighted by Crippen LogP contribution is -2.38. The van der Waals surface area contributed by atoms with Crippen molar-refractivity contribution in [2.24, 2.45) is 0 Å². The predicted molar refractivity (Wildman–Crippen MR) is 53.5 cm³/mol. The van der Waals surface area contributed by atoms with Gasteiger partial charge in [-0.15, -0.1) is 0 Å². The predicted octanol–water partition coefficient (Wildman–Crippen LogP) is -0.323. The highest BCUT2D eigenvalue weighted by atomic mass is 32.1. The van der Waals surface area contributed by atoms with Gasteiger partial charge in [-0.3, -0.25) is 4.90 Å². The van der Waals surface area contributed by atoms with Gasteiger partial charge in [0, 0.05) is 37.7 Å². The quantitative estimate of drug-likeness (QED) is 0.742. The molecule has 0 unspecified atom stereocenters. The lowest BCUT2D eigenvalue weighted by molar-refractivity contribution is 0.0398. The van der Waals surface area contributed by atoms with Crippen LogP contribution < -0.4 is 5.32 Å². The summed E-state index contributed by atoms with van der Waals surface area (Å²) in [6.45, 7) is 5.65. The summed E-state index contributed by atoms with van der Waals surface area (Å²) in [5.41, 5.74) is 0. The third-order valence-corrected chi connectivity index (χ3v) is 2.66. The minimum Gasteiger partial charge on any atom is -0.379 e. The van der Waals surface area contributed by atoms with Crippen LogP contribution in [0, 0.1) is 0 Å². The summed E-state index contributed by atoms with van der Waals surface area (Å²) in [4.78, 5) is 2.37. The molecule has 14 heavy (non-hydrogen) atoms. The smallest absolute Gasteiger partial charge is 0.225 e. The van der Waals surface area contributed by atoms with Gasteiger partial charge in [0.15, 0.2) is 0 Å². The molecule has 2 heterocycles. The van der Waals surface area contributed by atoms with Gasteiger partial charge in [0.25, 0.3) is 0 Å². The molecule has 0 bridgehead atoms. The maximum absolute atomic E-state index is 5.26. The maximum atomic E-state index is 5.26. The minimum atomic E-state index is 0.790. The first-order valence-corrected chi connectivity index (χ1v) is 5.41. The zero-order valence-electron chi connectivity index (χ0n) is 7.85. The van der Waals surface area contributed by atoms with E-state index in [0.717, 1.165) is 44.5 Å². The van der Waals surface area contributed by atoms with Crippen molar-refractivity contribution in [3.8, 4) is 0 Å². The number of hydrogen-bond donors (Lipinski definition) is 1. The SMILES string of the molecule is C(CN1CCOCC1)Nc1nnns1. The Balaban J connectivity index is 1.62. The first-order valence-electron chi connectivity index (χ1n) is 4.64. The summed E-state index contributed by atoms with van der Waals surface area (Å²) >= 11 is 1.28. The first kappa shape index (κ1) is 9.75. The van der Waals surface area contributed by atoms with Crippen molar-refractivity contribution in [2.75, 3.05) is 44.7 Å². The summed E-state index contributed by atoms with van der Waals surface area (Å²) in [7, 11) is 0. The van der Waals surface area contributed by atoms with Crippen LogP contribution >= 0.6 is 11.5 Å². The highest BCUT2D eigenvalue weighted by Crippen LogP contribution is 2.04. The van der Waals surface area contributed by atoms with Gasteiger partial charge in [-0.2, -0.15) is 0 Å². The zero-order chi connectivity index (χ0) is 9.64. The molecule has 0 radical (unpaired) electrons. The van der Waals surface area contributed by atoms with E-state index >= 15 is 0 Å². The zero-order valence-corrected chi connectivity index (χ0v) is 8.66. The van der Waals surface area contributed by atoms with Crippen LogP contribution in [0.2, 0.25) is 0 Å². The Labute approximate surface area is 86.4 Å². The molecule has 0 spiro atoms. The molecule has 78 valence electrons. The average Bonchev–Trinajstić information content (AvgIpc) is 2.72. The molecule has 1 aliphatic rings. The molecule has 1 aromatic rings. The molecule has 7 heteroatoms. The van der Waals surface area contributed by atoms with E-state index < -0.39 is 0 Å². The van der Waals surface area contributed by atoms with Crippen LogP contribution in [0.25, 0.3) is 0 Å². The number of hydrogen-bond acceptors (Lipinski definition) is 7. The molecule has 1 aromatic heterocycles. The first-order chi connectivity index (χ1) is 6.95. The van der Waals surface area contributed by atoms with Crippen LogP contribution in [-0.4, -0.2) is 59.1 Å². The molecule has 0 aliphatic carbocycles. The molecule has 0 saturated carbocycles. The van der Waals surface area contributed by atoms with E-state index in [-0.39, 0.29) is 0 Å². The third-order valence-electron chi connectivity index (χ3n) is 2.11. The molecular formula is C7H13N5OS. The fourth-order valence-corrected chi connectivity index (χ4v) is 1.74. The Morgan fingerprint density at radius 1 is 1.43 bits per heavy atom. The van der Waals surface area contributed by atoms with Crippen molar-refractivity contribution in [3.05, 3.63) is 0 Å². The van der Waals surface area contributed by atoms with Crippen LogP contribution in [0.5, 0.6) is 0 Å². The van der Waals surface area contributed by atoms with E-state index in [1.807, 2.05) is 0 Å². The lowest BCUT2D eigenvalue weighted by Gasteiger charge is -2.26. The van der Waals surface area contributed by atoms with Gasteiger partial charge in [-0.05, 0) is 5.21 Å². The van der Waals surface area contributed by atoms with E-state index in [1.54, 1.807) is 0 Å². The lowest BCUT2D eigenvalue weighted by atomic mass is 10.4. The number of anilines is 1. The Morgan fingerprint density at radius 3 is 3.00 bits per heavy atom. The van der Waals surface area contributed by atoms with Gasteiger partial charge in [0.05, 0.1) is 13.2 Å². The van der Waals surface area contributed by atoms with Crippen LogP contribution in [0.4, 0.5) is 5.13 Å². The molecule has 6 nitrogen and oxygen atoms in total. The van der Waals surface area contributed by atoms with Crippen LogP contribution in [0.3, 0.4) is 0 Å². The highest BCUT2D eigenvalue weighted by Gasteiger charge is 2.09. The maximum Gasteiger partial charge on any atom is 0.225 e. The van der Waals surface area contributed by atoms with Crippen LogP contribution in [0.15, 0.2) is 0 Å². The average molecular weight is 215 g/mol. The monoisotopic (exact) mass is 215 g/mol. The highest BCUT2D eigenvalue weighted by molar-refractivity contribution is 7.09. The molecule has 1 aliphatic heterocycles. The van der Waals surface area contributed by atoms with Gasteiger partial charge >= 0.3 is 0 Å². The summed E-state index contributed by atoms with van der Waals surface area (Å²) in [5.74, 6) is 0. The van der Waals surface area contributed by atoms with Crippen molar-refractivity contribution in [1.82, 2.24) is 19.7 Å². The molecule has 2 rings (SSSR count). The minimum absolute atomic E-state index is 0.790. The van der Waals surface area contributed by atoms with Crippen molar-refractivity contribution in [3.63, 3.8) is 0 Å². The molecule has 0 amide bonds. The fraction of sp³-hybridized carbons (Fsp3) is 0.857. The van der Waals surface area contributed by atoms with E-state index in [0.29, 0.717) is 0 Å². The number of ether oxygens (including phenoxy) is 1. The van der Waals surface area contributed by atoms with Crippen LogP contribution in [0.1, 0.15) is 0 Å². The number of morpholine rings is 1. The fourth-order valence-electron chi connectivity index (χ4n) is 1.35. The van der Waals surface area contributed by atoms with E-state index in [2.05, 4.69) is 25.0 Å². The van der Waals surface area contributed by atoms with Crippen molar-refractivity contribution in [2.45, 2.75) is 0 Å². The van der Waals surface area contributed by atoms with Gasteiger partial charge in [0.2, 0.25) is 5.13 Å². The largest absolute Gasteiger partial charge is 0.379 e. The summed E-state index contributed by atoms with van der Waals surface area (Å²) < 4.78 is 8.93. The summed E-state index contributed by atoms with van der Waals surface area (Å²) in [6, 6.07) is 0. The summed E-state index contributed by atoms with van der Waals surface area (Å²) in [6.07, 6.45) is 0. The molecule has 1 fully saturated rings. The second-order valence-electron chi connectivity index (χ2n) is 3.05. The standard InChI is InChI=1S/C7H13N5OS/c1(8-7-9-10-11-14-7)2-12-3-5-13-6-4-12/h1-6H2,(H,8,9,11). The molecule has 1 N–H and O–H groups in total. The third kappa shape index (κ3) is 2.86. The number of aromatic nitrogens is 3. The van der Waals surface area contributed by atoms with E-state index in [4.69, 9.17) is 4.74 Å². The Kier molecular flexibility index (Phi) is 3.61. The topological polar surface area (TPSA) is 63.2 Å².